The van der Waals surface area contributed by atoms with E-state index in [9.17, 15) is 8.42 Å². The van der Waals surface area contributed by atoms with Crippen LogP contribution in [0.25, 0.3) is 0 Å². The van der Waals surface area contributed by atoms with Crippen LogP contribution in [0.4, 0.5) is 0 Å². The third-order valence-corrected chi connectivity index (χ3v) is 5.94. The summed E-state index contributed by atoms with van der Waals surface area (Å²) in [5, 5.41) is 0.162. The van der Waals surface area contributed by atoms with Crippen molar-refractivity contribution in [2.75, 3.05) is 26.2 Å². The molecule has 1 unspecified atom stereocenters. The lowest BCUT2D eigenvalue weighted by molar-refractivity contribution is 0.174. The number of hydrogen-bond donors (Lipinski definition) is 2. The van der Waals surface area contributed by atoms with Gasteiger partial charge in [0.1, 0.15) is 5.82 Å². The molecule has 1 saturated heterocycles. The maximum atomic E-state index is 12.5. The normalized spacial score (nSPS) is 19.5. The highest BCUT2D eigenvalue weighted by atomic mass is 32.2. The van der Waals surface area contributed by atoms with E-state index in [4.69, 9.17) is 18.0 Å². The number of imidazole rings is 1. The molecule has 0 amide bonds. The van der Waals surface area contributed by atoms with Crippen LogP contribution in [-0.2, 0) is 16.4 Å². The Morgan fingerprint density at radius 1 is 1.48 bits per heavy atom. The van der Waals surface area contributed by atoms with Crippen LogP contribution < -0.4 is 5.73 Å². The summed E-state index contributed by atoms with van der Waals surface area (Å²) < 4.78 is 26.5. The number of sulfonamides is 1. The lowest BCUT2D eigenvalue weighted by Gasteiger charge is -2.36. The zero-order valence-corrected chi connectivity index (χ0v) is 13.9. The summed E-state index contributed by atoms with van der Waals surface area (Å²) in [6.07, 6.45) is 2.06. The molecular weight excluding hydrogens is 310 g/mol. The topological polar surface area (TPSA) is 95.3 Å². The van der Waals surface area contributed by atoms with Crippen LogP contribution in [0.2, 0.25) is 0 Å². The molecular formula is C12H21N5O2S2. The van der Waals surface area contributed by atoms with Crippen molar-refractivity contribution in [3.05, 3.63) is 12.0 Å². The first-order valence-electron chi connectivity index (χ1n) is 6.93. The van der Waals surface area contributed by atoms with E-state index in [1.165, 1.54) is 10.5 Å². The lowest BCUT2D eigenvalue weighted by atomic mass is 10.2. The molecule has 0 aliphatic carbocycles. The van der Waals surface area contributed by atoms with Gasteiger partial charge in [0.05, 0.1) is 17.2 Å². The Bertz CT molecular complexity index is 605. The van der Waals surface area contributed by atoms with Crippen molar-refractivity contribution in [3.63, 3.8) is 0 Å². The predicted molar refractivity (Wildman–Crippen MR) is 84.5 cm³/mol. The van der Waals surface area contributed by atoms with Crippen LogP contribution in [0.15, 0.2) is 11.2 Å². The number of nitrogens with two attached hydrogens (primary N) is 1. The summed E-state index contributed by atoms with van der Waals surface area (Å²) in [5.74, 6) is 0.675. The lowest BCUT2D eigenvalue weighted by Crippen LogP contribution is -2.53. The predicted octanol–water partition coefficient (Wildman–Crippen LogP) is -0.0470. The second-order valence-electron chi connectivity index (χ2n) is 5.07. The molecule has 2 rings (SSSR count). The molecule has 7 nitrogen and oxygen atoms in total. The quantitative estimate of drug-likeness (QED) is 0.735. The standard InChI is InChI=1S/C12H21N5O2S2/c1-3-10-14-8-11(15-10)21(18,19)17-6-4-16(5-7-17)9(2)12(13)20/h8-9H,3-7H2,1-2H3,(H2,13,20)(H,14,15). The Labute approximate surface area is 130 Å². The van der Waals surface area contributed by atoms with Gasteiger partial charge in [-0.15, -0.1) is 0 Å². The van der Waals surface area contributed by atoms with E-state index in [-0.39, 0.29) is 11.1 Å². The summed E-state index contributed by atoms with van der Waals surface area (Å²) in [4.78, 5) is 9.45. The van der Waals surface area contributed by atoms with E-state index in [2.05, 4.69) is 14.9 Å². The van der Waals surface area contributed by atoms with Crippen LogP contribution >= 0.6 is 12.2 Å². The third kappa shape index (κ3) is 3.42. The van der Waals surface area contributed by atoms with Gasteiger partial charge in [-0.25, -0.2) is 13.4 Å². The molecule has 1 aromatic heterocycles. The first-order chi connectivity index (χ1) is 9.86. The average Bonchev–Trinajstić information content (AvgIpc) is 2.96. The summed E-state index contributed by atoms with van der Waals surface area (Å²) >= 11 is 4.99. The number of aryl methyl sites for hydroxylation is 1. The Hall–Kier alpha value is -1.03. The first-order valence-corrected chi connectivity index (χ1v) is 8.78. The fourth-order valence-corrected chi connectivity index (χ4v) is 3.81. The molecule has 0 spiro atoms. The van der Waals surface area contributed by atoms with Gasteiger partial charge in [0.15, 0.2) is 5.03 Å². The van der Waals surface area contributed by atoms with E-state index in [0.717, 1.165) is 0 Å². The van der Waals surface area contributed by atoms with Crippen molar-refractivity contribution in [2.45, 2.75) is 31.3 Å². The second kappa shape index (κ2) is 6.39. The van der Waals surface area contributed by atoms with Gasteiger partial charge < -0.3 is 10.7 Å². The molecule has 21 heavy (non-hydrogen) atoms. The van der Waals surface area contributed by atoms with Crippen LogP contribution in [-0.4, -0.2) is 64.8 Å². The smallest absolute Gasteiger partial charge is 0.260 e. The second-order valence-corrected chi connectivity index (χ2v) is 7.44. The van der Waals surface area contributed by atoms with E-state index in [1.807, 2.05) is 13.8 Å². The molecule has 0 saturated carbocycles. The van der Waals surface area contributed by atoms with Gasteiger partial charge in [0, 0.05) is 32.6 Å². The highest BCUT2D eigenvalue weighted by Gasteiger charge is 2.31. The fraction of sp³-hybridized carbons (Fsp3) is 0.667. The average molecular weight is 331 g/mol. The molecule has 3 N–H and O–H groups in total. The van der Waals surface area contributed by atoms with Gasteiger partial charge >= 0.3 is 0 Å². The number of piperazine rings is 1. The van der Waals surface area contributed by atoms with Crippen molar-refractivity contribution in [3.8, 4) is 0 Å². The minimum absolute atomic E-state index is 0.0105. The van der Waals surface area contributed by atoms with Crippen LogP contribution in [0.1, 0.15) is 19.7 Å². The van der Waals surface area contributed by atoms with Gasteiger partial charge in [-0.05, 0) is 6.92 Å². The SMILES string of the molecule is CCc1ncc(S(=O)(=O)N2CCN(C(C)C(N)=S)CC2)[nH]1. The summed E-state index contributed by atoms with van der Waals surface area (Å²) in [6, 6.07) is -0.0105. The number of aromatic amines is 1. The number of aromatic nitrogens is 2. The largest absolute Gasteiger partial charge is 0.392 e. The van der Waals surface area contributed by atoms with Gasteiger partial charge in [0.25, 0.3) is 10.0 Å². The summed E-state index contributed by atoms with van der Waals surface area (Å²) in [5.41, 5.74) is 5.64. The Morgan fingerprint density at radius 2 is 2.10 bits per heavy atom. The van der Waals surface area contributed by atoms with Gasteiger partial charge in [0.2, 0.25) is 0 Å². The minimum atomic E-state index is -3.50. The van der Waals surface area contributed by atoms with Crippen molar-refractivity contribution in [2.24, 2.45) is 5.73 Å². The van der Waals surface area contributed by atoms with E-state index < -0.39 is 10.0 Å². The molecule has 0 aromatic carbocycles. The Kier molecular flexibility index (Phi) is 4.97. The molecule has 1 aliphatic rings. The van der Waals surface area contributed by atoms with Crippen molar-refractivity contribution >= 4 is 27.2 Å². The number of nitrogens with one attached hydrogen (secondary N) is 1. The number of hydrogen-bond acceptors (Lipinski definition) is 5. The van der Waals surface area contributed by atoms with Gasteiger partial charge in [-0.1, -0.05) is 19.1 Å². The molecule has 1 aliphatic heterocycles. The van der Waals surface area contributed by atoms with Crippen molar-refractivity contribution < 1.29 is 8.42 Å². The number of nitrogens with zero attached hydrogens (tertiary/aromatic N) is 3. The molecule has 2 heterocycles. The molecule has 1 aromatic rings. The Morgan fingerprint density at radius 3 is 2.57 bits per heavy atom. The van der Waals surface area contributed by atoms with Crippen LogP contribution in [0.3, 0.4) is 0 Å². The summed E-state index contributed by atoms with van der Waals surface area (Å²) in [7, 11) is -3.50. The molecule has 0 bridgehead atoms. The number of H-pyrrole nitrogens is 1. The maximum absolute atomic E-state index is 12.5. The van der Waals surface area contributed by atoms with Crippen LogP contribution in [0, 0.1) is 0 Å². The molecule has 1 atom stereocenters. The van der Waals surface area contributed by atoms with Crippen molar-refractivity contribution in [1.82, 2.24) is 19.2 Å². The fourth-order valence-electron chi connectivity index (χ4n) is 2.30. The summed E-state index contributed by atoms with van der Waals surface area (Å²) in [6.45, 7) is 5.95. The van der Waals surface area contributed by atoms with Crippen molar-refractivity contribution in [1.29, 1.82) is 0 Å². The molecule has 0 radical (unpaired) electrons. The zero-order valence-electron chi connectivity index (χ0n) is 12.2. The van der Waals surface area contributed by atoms with E-state index in [0.29, 0.717) is 43.4 Å². The van der Waals surface area contributed by atoms with E-state index >= 15 is 0 Å². The zero-order chi connectivity index (χ0) is 15.6. The number of rotatable bonds is 5. The van der Waals surface area contributed by atoms with E-state index in [1.54, 1.807) is 0 Å². The van der Waals surface area contributed by atoms with Gasteiger partial charge in [-0.2, -0.15) is 4.31 Å². The molecule has 1 fully saturated rings. The molecule has 118 valence electrons. The van der Waals surface area contributed by atoms with Crippen LogP contribution in [0.5, 0.6) is 0 Å². The maximum Gasteiger partial charge on any atom is 0.260 e. The third-order valence-electron chi connectivity index (χ3n) is 3.79. The molecule has 9 heteroatoms. The minimum Gasteiger partial charge on any atom is -0.392 e. The first kappa shape index (κ1) is 16.3. The van der Waals surface area contributed by atoms with Gasteiger partial charge in [-0.3, -0.25) is 4.90 Å². The highest BCUT2D eigenvalue weighted by molar-refractivity contribution is 7.89. The Balaban J connectivity index is 2.05. The monoisotopic (exact) mass is 331 g/mol. The number of thiocarbonyl (C=S) groups is 1. The highest BCUT2D eigenvalue weighted by Crippen LogP contribution is 2.17.